The molecule has 2 rings (SSSR count). The maximum absolute atomic E-state index is 11.7. The highest BCUT2D eigenvalue weighted by atomic mass is 35.5. The Morgan fingerprint density at radius 1 is 1.29 bits per heavy atom. The highest BCUT2D eigenvalue weighted by Gasteiger charge is 2.10. The lowest BCUT2D eigenvalue weighted by Gasteiger charge is -2.09. The molecule has 1 aromatic heterocycles. The number of carbonyl (C=O) groups excluding carboxylic acids is 1. The summed E-state index contributed by atoms with van der Waals surface area (Å²) < 4.78 is 5.14. The van der Waals surface area contributed by atoms with Gasteiger partial charge in [-0.2, -0.15) is 0 Å². The van der Waals surface area contributed by atoms with Gasteiger partial charge in [0.05, 0.1) is 22.5 Å². The van der Waals surface area contributed by atoms with Crippen molar-refractivity contribution in [1.82, 2.24) is 5.32 Å². The third-order valence-electron chi connectivity index (χ3n) is 2.70. The SMILES string of the molecule is O=C(NCCc1ccco1)Nc1cc(C(=O)O)ccc1Cl. The summed E-state index contributed by atoms with van der Waals surface area (Å²) in [6, 6.07) is 7.20. The van der Waals surface area contributed by atoms with Crippen molar-refractivity contribution in [3.8, 4) is 0 Å². The zero-order valence-corrected chi connectivity index (χ0v) is 11.7. The molecule has 110 valence electrons. The lowest BCUT2D eigenvalue weighted by Crippen LogP contribution is -2.30. The fourth-order valence-electron chi connectivity index (χ4n) is 1.67. The summed E-state index contributed by atoms with van der Waals surface area (Å²) >= 11 is 5.91. The van der Waals surface area contributed by atoms with E-state index in [2.05, 4.69) is 10.6 Å². The molecule has 1 heterocycles. The van der Waals surface area contributed by atoms with Crippen LogP contribution in [0.15, 0.2) is 41.0 Å². The second-order valence-corrected chi connectivity index (χ2v) is 4.62. The first-order valence-electron chi connectivity index (χ1n) is 6.16. The summed E-state index contributed by atoms with van der Waals surface area (Å²) in [6.07, 6.45) is 2.12. The molecular weight excluding hydrogens is 296 g/mol. The van der Waals surface area contributed by atoms with Crippen molar-refractivity contribution in [2.45, 2.75) is 6.42 Å². The molecule has 0 unspecified atom stereocenters. The lowest BCUT2D eigenvalue weighted by molar-refractivity contribution is 0.0697. The van der Waals surface area contributed by atoms with E-state index in [0.717, 1.165) is 5.76 Å². The van der Waals surface area contributed by atoms with Gasteiger partial charge >= 0.3 is 12.0 Å². The van der Waals surface area contributed by atoms with Gasteiger partial charge in [-0.05, 0) is 30.3 Å². The van der Waals surface area contributed by atoms with Crippen molar-refractivity contribution < 1.29 is 19.1 Å². The number of rotatable bonds is 5. The third kappa shape index (κ3) is 4.25. The molecule has 3 N–H and O–H groups in total. The smallest absolute Gasteiger partial charge is 0.335 e. The number of anilines is 1. The van der Waals surface area contributed by atoms with Gasteiger partial charge in [0, 0.05) is 13.0 Å². The second kappa shape index (κ2) is 6.81. The summed E-state index contributed by atoms with van der Waals surface area (Å²) in [5.74, 6) is -0.325. The molecular formula is C14H13ClN2O4. The molecule has 1 aromatic carbocycles. The fourth-order valence-corrected chi connectivity index (χ4v) is 1.84. The van der Waals surface area contributed by atoms with Gasteiger partial charge in [0.15, 0.2) is 0 Å². The number of nitrogens with one attached hydrogen (secondary N) is 2. The number of amides is 2. The highest BCUT2D eigenvalue weighted by molar-refractivity contribution is 6.33. The van der Waals surface area contributed by atoms with Gasteiger partial charge in [0.1, 0.15) is 5.76 Å². The van der Waals surface area contributed by atoms with Crippen molar-refractivity contribution in [3.05, 3.63) is 52.9 Å². The van der Waals surface area contributed by atoms with Gasteiger partial charge < -0.3 is 20.2 Å². The first-order valence-corrected chi connectivity index (χ1v) is 6.54. The number of carbonyl (C=O) groups is 2. The number of halogens is 1. The number of hydrogen-bond acceptors (Lipinski definition) is 3. The molecule has 0 radical (unpaired) electrons. The molecule has 0 atom stereocenters. The van der Waals surface area contributed by atoms with Gasteiger partial charge in [-0.3, -0.25) is 0 Å². The number of benzene rings is 1. The van der Waals surface area contributed by atoms with Crippen molar-refractivity contribution in [3.63, 3.8) is 0 Å². The van der Waals surface area contributed by atoms with Crippen molar-refractivity contribution in [1.29, 1.82) is 0 Å². The Hall–Kier alpha value is -2.47. The molecule has 21 heavy (non-hydrogen) atoms. The van der Waals surface area contributed by atoms with E-state index in [0.29, 0.717) is 13.0 Å². The minimum Gasteiger partial charge on any atom is -0.478 e. The molecule has 0 saturated heterocycles. The predicted molar refractivity (Wildman–Crippen MR) is 77.8 cm³/mol. The van der Waals surface area contributed by atoms with Gasteiger partial charge in [-0.1, -0.05) is 11.6 Å². The monoisotopic (exact) mass is 308 g/mol. The van der Waals surface area contributed by atoms with E-state index in [-0.39, 0.29) is 16.3 Å². The van der Waals surface area contributed by atoms with Crippen LogP contribution in [0, 0.1) is 0 Å². The van der Waals surface area contributed by atoms with Crippen LogP contribution in [0.25, 0.3) is 0 Å². The maximum atomic E-state index is 11.7. The Balaban J connectivity index is 1.90. The number of furan rings is 1. The molecule has 0 aliphatic heterocycles. The van der Waals surface area contributed by atoms with Crippen LogP contribution in [-0.4, -0.2) is 23.7 Å². The van der Waals surface area contributed by atoms with Crippen LogP contribution < -0.4 is 10.6 Å². The first-order chi connectivity index (χ1) is 10.1. The molecule has 6 nitrogen and oxygen atoms in total. The first kappa shape index (κ1) is 14.9. The van der Waals surface area contributed by atoms with E-state index in [1.165, 1.54) is 18.2 Å². The topological polar surface area (TPSA) is 91.6 Å². The van der Waals surface area contributed by atoms with Gasteiger partial charge in [-0.25, -0.2) is 9.59 Å². The lowest BCUT2D eigenvalue weighted by atomic mass is 10.2. The van der Waals surface area contributed by atoms with Crippen LogP contribution in [0.2, 0.25) is 5.02 Å². The number of hydrogen-bond donors (Lipinski definition) is 3. The second-order valence-electron chi connectivity index (χ2n) is 4.21. The molecule has 0 bridgehead atoms. The average Bonchev–Trinajstić information content (AvgIpc) is 2.94. The fraction of sp³-hybridized carbons (Fsp3) is 0.143. The Morgan fingerprint density at radius 2 is 2.10 bits per heavy atom. The van der Waals surface area contributed by atoms with E-state index in [4.69, 9.17) is 21.1 Å². The van der Waals surface area contributed by atoms with Crippen LogP contribution in [0.3, 0.4) is 0 Å². The van der Waals surface area contributed by atoms with Crippen molar-refractivity contribution >= 4 is 29.3 Å². The molecule has 0 fully saturated rings. The van der Waals surface area contributed by atoms with Crippen LogP contribution in [0.5, 0.6) is 0 Å². The zero-order chi connectivity index (χ0) is 15.2. The minimum absolute atomic E-state index is 0.0466. The van der Waals surface area contributed by atoms with Gasteiger partial charge in [0.25, 0.3) is 0 Å². The Kier molecular flexibility index (Phi) is 4.84. The molecule has 0 saturated carbocycles. The summed E-state index contributed by atoms with van der Waals surface area (Å²) in [5, 5.41) is 14.3. The summed E-state index contributed by atoms with van der Waals surface area (Å²) in [5.41, 5.74) is 0.289. The van der Waals surface area contributed by atoms with Crippen LogP contribution >= 0.6 is 11.6 Å². The average molecular weight is 309 g/mol. The predicted octanol–water partition coefficient (Wildman–Crippen LogP) is 3.00. The van der Waals surface area contributed by atoms with Crippen molar-refractivity contribution in [2.75, 3.05) is 11.9 Å². The molecule has 0 aliphatic rings. The zero-order valence-electron chi connectivity index (χ0n) is 10.9. The standard InChI is InChI=1S/C14H13ClN2O4/c15-11-4-3-9(13(18)19)8-12(11)17-14(20)16-6-5-10-2-1-7-21-10/h1-4,7-8H,5-6H2,(H,18,19)(H2,16,17,20). The summed E-state index contributed by atoms with van der Waals surface area (Å²) in [6.45, 7) is 0.385. The number of carboxylic acid groups (broad SMARTS) is 1. The summed E-state index contributed by atoms with van der Waals surface area (Å²) in [7, 11) is 0. The highest BCUT2D eigenvalue weighted by Crippen LogP contribution is 2.22. The van der Waals surface area contributed by atoms with E-state index in [1.807, 2.05) is 6.07 Å². The molecule has 2 amide bonds. The minimum atomic E-state index is -1.09. The normalized spacial score (nSPS) is 10.1. The van der Waals surface area contributed by atoms with E-state index >= 15 is 0 Å². The molecule has 0 spiro atoms. The van der Waals surface area contributed by atoms with Gasteiger partial charge in [-0.15, -0.1) is 0 Å². The summed E-state index contributed by atoms with van der Waals surface area (Å²) in [4.78, 5) is 22.6. The molecule has 0 aliphatic carbocycles. The maximum Gasteiger partial charge on any atom is 0.335 e. The quantitative estimate of drug-likeness (QED) is 0.791. The Labute approximate surface area is 125 Å². The largest absolute Gasteiger partial charge is 0.478 e. The third-order valence-corrected chi connectivity index (χ3v) is 3.03. The van der Waals surface area contributed by atoms with Crippen molar-refractivity contribution in [2.24, 2.45) is 0 Å². The molecule has 7 heteroatoms. The Bertz CT molecular complexity index is 640. The van der Waals surface area contributed by atoms with Gasteiger partial charge in [0.2, 0.25) is 0 Å². The number of carboxylic acids is 1. The molecule has 2 aromatic rings. The Morgan fingerprint density at radius 3 is 2.76 bits per heavy atom. The number of aromatic carboxylic acids is 1. The van der Waals surface area contributed by atoms with E-state index in [9.17, 15) is 9.59 Å². The van der Waals surface area contributed by atoms with E-state index < -0.39 is 12.0 Å². The van der Waals surface area contributed by atoms with Crippen LogP contribution in [-0.2, 0) is 6.42 Å². The van der Waals surface area contributed by atoms with Crippen LogP contribution in [0.4, 0.5) is 10.5 Å². The van der Waals surface area contributed by atoms with Crippen LogP contribution in [0.1, 0.15) is 16.1 Å². The number of urea groups is 1. The van der Waals surface area contributed by atoms with E-state index in [1.54, 1.807) is 12.3 Å².